The molecule has 0 aliphatic carbocycles. The summed E-state index contributed by atoms with van der Waals surface area (Å²) in [6, 6.07) is 14.1. The molecule has 0 radical (unpaired) electrons. The smallest absolute Gasteiger partial charge is 0.269 e. The van der Waals surface area contributed by atoms with Crippen LogP contribution in [-0.4, -0.2) is 18.1 Å². The molecule has 0 amide bonds. The molecule has 26 heavy (non-hydrogen) atoms. The minimum atomic E-state index is -0.420. The van der Waals surface area contributed by atoms with Gasteiger partial charge in [-0.05, 0) is 23.3 Å². The Kier molecular flexibility index (Phi) is 10.1. The van der Waals surface area contributed by atoms with Gasteiger partial charge < -0.3 is 15.2 Å². The van der Waals surface area contributed by atoms with Gasteiger partial charge in [-0.15, -0.1) is 13.2 Å². The molecule has 0 unspecified atom stereocenters. The van der Waals surface area contributed by atoms with E-state index in [4.69, 9.17) is 15.2 Å². The Morgan fingerprint density at radius 3 is 2.00 bits per heavy atom. The van der Waals surface area contributed by atoms with Crippen molar-refractivity contribution in [1.82, 2.24) is 0 Å². The number of hydrogen-bond acceptors (Lipinski definition) is 5. The standard InChI is InChI=1S/C10H11NO3.C10H13NO/c1-2-6-14-8-9-4-3-5-10(7-9)11(12)13;1-2-6-12-8-9-4-3-5-10(11)7-9/h2-5,7H,1,6,8H2;2-5,7H,1,6,8,11H2. The van der Waals surface area contributed by atoms with Gasteiger partial charge in [-0.3, -0.25) is 10.1 Å². The van der Waals surface area contributed by atoms with Crippen LogP contribution in [0.1, 0.15) is 11.1 Å². The third-order valence-electron chi connectivity index (χ3n) is 3.08. The Balaban J connectivity index is 0.000000263. The second-order valence-corrected chi connectivity index (χ2v) is 5.28. The van der Waals surface area contributed by atoms with Crippen molar-refractivity contribution in [3.63, 3.8) is 0 Å². The van der Waals surface area contributed by atoms with Gasteiger partial charge in [0.05, 0.1) is 31.4 Å². The molecule has 2 aromatic carbocycles. The van der Waals surface area contributed by atoms with Gasteiger partial charge >= 0.3 is 0 Å². The van der Waals surface area contributed by atoms with Crippen molar-refractivity contribution in [2.24, 2.45) is 0 Å². The monoisotopic (exact) mass is 356 g/mol. The number of non-ortho nitro benzene ring substituents is 1. The minimum Gasteiger partial charge on any atom is -0.399 e. The second kappa shape index (κ2) is 12.4. The highest BCUT2D eigenvalue weighted by Gasteiger charge is 2.04. The van der Waals surface area contributed by atoms with Crippen LogP contribution in [0.15, 0.2) is 73.8 Å². The fourth-order valence-electron chi connectivity index (χ4n) is 1.96. The summed E-state index contributed by atoms with van der Waals surface area (Å²) in [5.74, 6) is 0. The average Bonchev–Trinajstić information content (AvgIpc) is 2.63. The highest BCUT2D eigenvalue weighted by Crippen LogP contribution is 2.13. The topological polar surface area (TPSA) is 87.6 Å². The molecule has 0 saturated carbocycles. The first-order valence-electron chi connectivity index (χ1n) is 8.01. The highest BCUT2D eigenvalue weighted by atomic mass is 16.6. The number of rotatable bonds is 9. The Labute approximate surface area is 153 Å². The zero-order valence-corrected chi connectivity index (χ0v) is 14.7. The lowest BCUT2D eigenvalue weighted by Gasteiger charge is -2.01. The number of ether oxygens (including phenoxy) is 2. The van der Waals surface area contributed by atoms with E-state index in [0.29, 0.717) is 26.4 Å². The molecule has 0 atom stereocenters. The third-order valence-corrected chi connectivity index (χ3v) is 3.08. The third kappa shape index (κ3) is 8.77. The normalized spacial score (nSPS) is 9.69. The van der Waals surface area contributed by atoms with E-state index in [0.717, 1.165) is 16.8 Å². The molecule has 0 saturated heterocycles. The number of nitrogen functional groups attached to an aromatic ring is 1. The summed E-state index contributed by atoms with van der Waals surface area (Å²) in [6.45, 7) is 9.05. The van der Waals surface area contributed by atoms with E-state index >= 15 is 0 Å². The minimum absolute atomic E-state index is 0.0877. The zero-order chi connectivity index (χ0) is 19.2. The van der Waals surface area contributed by atoms with E-state index in [1.165, 1.54) is 12.1 Å². The Bertz CT molecular complexity index is 716. The summed E-state index contributed by atoms with van der Waals surface area (Å²) < 4.78 is 10.4. The molecule has 2 aromatic rings. The van der Waals surface area contributed by atoms with Gasteiger partial charge in [-0.1, -0.05) is 36.4 Å². The van der Waals surface area contributed by atoms with Gasteiger partial charge in [0.1, 0.15) is 0 Å². The van der Waals surface area contributed by atoms with E-state index in [9.17, 15) is 10.1 Å². The average molecular weight is 356 g/mol. The maximum Gasteiger partial charge on any atom is 0.269 e. The van der Waals surface area contributed by atoms with Crippen LogP contribution in [0.25, 0.3) is 0 Å². The van der Waals surface area contributed by atoms with Crippen molar-refractivity contribution in [2.75, 3.05) is 18.9 Å². The summed E-state index contributed by atoms with van der Waals surface area (Å²) in [6.07, 6.45) is 3.36. The number of nitrogens with two attached hydrogens (primary N) is 1. The first kappa shape index (κ1) is 21.1. The fourth-order valence-corrected chi connectivity index (χ4v) is 1.96. The van der Waals surface area contributed by atoms with Gasteiger partial charge in [0.25, 0.3) is 5.69 Å². The first-order valence-corrected chi connectivity index (χ1v) is 8.01. The molecule has 6 nitrogen and oxygen atoms in total. The Hall–Kier alpha value is -2.96. The van der Waals surface area contributed by atoms with Crippen LogP contribution < -0.4 is 5.73 Å². The van der Waals surface area contributed by atoms with Gasteiger partial charge in [-0.25, -0.2) is 0 Å². The number of nitrogens with zero attached hydrogens (tertiary/aromatic N) is 1. The fraction of sp³-hybridized carbons (Fsp3) is 0.200. The van der Waals surface area contributed by atoms with Crippen LogP contribution in [0.2, 0.25) is 0 Å². The van der Waals surface area contributed by atoms with E-state index in [1.807, 2.05) is 24.3 Å². The van der Waals surface area contributed by atoms with Crippen molar-refractivity contribution in [2.45, 2.75) is 13.2 Å². The quantitative estimate of drug-likeness (QED) is 0.238. The highest BCUT2D eigenvalue weighted by molar-refractivity contribution is 5.40. The molecular weight excluding hydrogens is 332 g/mol. The van der Waals surface area contributed by atoms with Crippen molar-refractivity contribution >= 4 is 11.4 Å². The molecule has 0 heterocycles. The second-order valence-electron chi connectivity index (χ2n) is 5.28. The van der Waals surface area contributed by atoms with Crippen molar-refractivity contribution in [1.29, 1.82) is 0 Å². The molecule has 0 bridgehead atoms. The number of nitro groups is 1. The number of anilines is 1. The zero-order valence-electron chi connectivity index (χ0n) is 14.7. The van der Waals surface area contributed by atoms with Gasteiger partial charge in [0, 0.05) is 17.8 Å². The van der Waals surface area contributed by atoms with Crippen LogP contribution in [0.3, 0.4) is 0 Å². The molecular formula is C20H24N2O4. The molecule has 0 fully saturated rings. The number of hydrogen-bond donors (Lipinski definition) is 1. The van der Waals surface area contributed by atoms with Crippen molar-refractivity contribution in [3.8, 4) is 0 Å². The predicted octanol–water partition coefficient (Wildman–Crippen LogP) is 4.27. The maximum absolute atomic E-state index is 10.4. The molecule has 0 aliphatic heterocycles. The molecule has 138 valence electrons. The lowest BCUT2D eigenvalue weighted by atomic mass is 10.2. The van der Waals surface area contributed by atoms with Crippen molar-refractivity contribution in [3.05, 3.63) is 95.1 Å². The molecule has 0 aliphatic rings. The maximum atomic E-state index is 10.4. The van der Waals surface area contributed by atoms with E-state index in [1.54, 1.807) is 24.3 Å². The molecule has 2 rings (SSSR count). The van der Waals surface area contributed by atoms with Crippen LogP contribution in [0.5, 0.6) is 0 Å². The predicted molar refractivity (Wildman–Crippen MR) is 104 cm³/mol. The first-order chi connectivity index (χ1) is 12.6. The summed E-state index contributed by atoms with van der Waals surface area (Å²) in [5.41, 5.74) is 8.33. The molecule has 6 heteroatoms. The van der Waals surface area contributed by atoms with Crippen LogP contribution >= 0.6 is 0 Å². The molecule has 2 N–H and O–H groups in total. The summed E-state index contributed by atoms with van der Waals surface area (Å²) >= 11 is 0. The lowest BCUT2D eigenvalue weighted by Crippen LogP contribution is -1.94. The van der Waals surface area contributed by atoms with Crippen LogP contribution in [0.4, 0.5) is 11.4 Å². The van der Waals surface area contributed by atoms with E-state index < -0.39 is 4.92 Å². The van der Waals surface area contributed by atoms with Gasteiger partial charge in [0.15, 0.2) is 0 Å². The van der Waals surface area contributed by atoms with Gasteiger partial charge in [0.2, 0.25) is 0 Å². The lowest BCUT2D eigenvalue weighted by molar-refractivity contribution is -0.384. The Morgan fingerprint density at radius 1 is 0.962 bits per heavy atom. The van der Waals surface area contributed by atoms with Gasteiger partial charge in [-0.2, -0.15) is 0 Å². The largest absolute Gasteiger partial charge is 0.399 e. The van der Waals surface area contributed by atoms with Crippen LogP contribution in [-0.2, 0) is 22.7 Å². The number of benzene rings is 2. The molecule has 0 spiro atoms. The van der Waals surface area contributed by atoms with Crippen molar-refractivity contribution < 1.29 is 14.4 Å². The SMILES string of the molecule is C=CCOCc1cccc(N)c1.C=CCOCc1cccc([N+](=O)[O-])c1. The Morgan fingerprint density at radius 2 is 1.50 bits per heavy atom. The summed E-state index contributed by atoms with van der Waals surface area (Å²) in [7, 11) is 0. The summed E-state index contributed by atoms with van der Waals surface area (Å²) in [4.78, 5) is 10.0. The molecule has 0 aromatic heterocycles. The van der Waals surface area contributed by atoms with Crippen LogP contribution in [0, 0.1) is 10.1 Å². The summed E-state index contributed by atoms with van der Waals surface area (Å²) in [5, 5.41) is 10.4. The number of nitro benzene ring substituents is 1. The van der Waals surface area contributed by atoms with E-state index in [-0.39, 0.29) is 5.69 Å². The van der Waals surface area contributed by atoms with E-state index in [2.05, 4.69) is 13.2 Å².